The molecular formula is C14H28NdO2. The summed E-state index contributed by atoms with van der Waals surface area (Å²) in [5.41, 5.74) is -0.443. The molecule has 0 aliphatic carbocycles. The molecule has 0 aromatic heterocycles. The first-order chi connectivity index (χ1) is 7.63. The van der Waals surface area contributed by atoms with Crippen LogP contribution in [0.1, 0.15) is 78.6 Å². The Morgan fingerprint density at radius 1 is 0.941 bits per heavy atom. The van der Waals surface area contributed by atoms with Crippen molar-refractivity contribution in [2.75, 3.05) is 0 Å². The van der Waals surface area contributed by atoms with Crippen LogP contribution in [0.5, 0.6) is 0 Å². The molecular weight excluding hydrogens is 344 g/mol. The first kappa shape index (κ1) is 20.1. The van der Waals surface area contributed by atoms with Crippen LogP contribution in [0.15, 0.2) is 0 Å². The Morgan fingerprint density at radius 3 is 1.94 bits per heavy atom. The quantitative estimate of drug-likeness (QED) is 0.568. The third kappa shape index (κ3) is 7.76. The second-order valence-electron chi connectivity index (χ2n) is 4.85. The molecule has 1 N–H and O–H groups in total. The third-order valence-corrected chi connectivity index (χ3v) is 3.62. The average molecular weight is 373 g/mol. The van der Waals surface area contributed by atoms with Crippen molar-refractivity contribution in [3.63, 3.8) is 0 Å². The summed E-state index contributed by atoms with van der Waals surface area (Å²) in [6.45, 7) is 6.28. The maximum atomic E-state index is 11.4. The fraction of sp³-hybridized carbons (Fsp3) is 0.929. The SMILES string of the molecule is CCCCCCCC(CC)(CCC)C(=O)O.[Nd]. The van der Waals surface area contributed by atoms with Gasteiger partial charge in [-0.1, -0.05) is 59.3 Å². The summed E-state index contributed by atoms with van der Waals surface area (Å²) in [4.78, 5) is 11.4. The van der Waals surface area contributed by atoms with Crippen LogP contribution < -0.4 is 0 Å². The van der Waals surface area contributed by atoms with E-state index in [1.165, 1.54) is 25.7 Å². The van der Waals surface area contributed by atoms with Gasteiger partial charge in [-0.3, -0.25) is 4.79 Å². The van der Waals surface area contributed by atoms with Crippen LogP contribution in [0, 0.1) is 46.3 Å². The van der Waals surface area contributed by atoms with Crippen LogP contribution in [0.25, 0.3) is 0 Å². The zero-order valence-electron chi connectivity index (χ0n) is 11.7. The van der Waals surface area contributed by atoms with Crippen molar-refractivity contribution >= 4 is 5.97 Å². The molecule has 0 radical (unpaired) electrons. The van der Waals surface area contributed by atoms with Gasteiger partial charge >= 0.3 is 5.97 Å². The molecule has 1 atom stereocenters. The molecule has 0 fully saturated rings. The number of carboxylic acid groups (broad SMARTS) is 1. The molecule has 0 heterocycles. The largest absolute Gasteiger partial charge is 0.481 e. The number of carboxylic acids is 1. The van der Waals surface area contributed by atoms with E-state index in [4.69, 9.17) is 0 Å². The minimum absolute atomic E-state index is 0. The van der Waals surface area contributed by atoms with Gasteiger partial charge in [0.2, 0.25) is 0 Å². The monoisotopic (exact) mass is 370 g/mol. The van der Waals surface area contributed by atoms with Crippen molar-refractivity contribution in [1.29, 1.82) is 0 Å². The van der Waals surface area contributed by atoms with E-state index >= 15 is 0 Å². The van der Waals surface area contributed by atoms with Crippen LogP contribution >= 0.6 is 0 Å². The normalized spacial score (nSPS) is 13.8. The Kier molecular flexibility index (Phi) is 14.1. The number of hydrogen-bond acceptors (Lipinski definition) is 1. The summed E-state index contributed by atoms with van der Waals surface area (Å²) in [6, 6.07) is 0. The van der Waals surface area contributed by atoms with Crippen molar-refractivity contribution in [3.8, 4) is 0 Å². The van der Waals surface area contributed by atoms with E-state index in [0.717, 1.165) is 32.1 Å². The molecule has 2 nitrogen and oxygen atoms in total. The van der Waals surface area contributed by atoms with Crippen LogP contribution in [-0.2, 0) is 4.79 Å². The van der Waals surface area contributed by atoms with Gasteiger partial charge < -0.3 is 5.11 Å². The number of carbonyl (C=O) groups is 1. The first-order valence-corrected chi connectivity index (χ1v) is 6.86. The van der Waals surface area contributed by atoms with Crippen molar-refractivity contribution in [1.82, 2.24) is 0 Å². The molecule has 0 aromatic rings. The Balaban J connectivity index is 0. The minimum Gasteiger partial charge on any atom is -0.481 e. The van der Waals surface area contributed by atoms with Gasteiger partial charge in [-0.25, -0.2) is 0 Å². The van der Waals surface area contributed by atoms with E-state index in [2.05, 4.69) is 13.8 Å². The van der Waals surface area contributed by atoms with Gasteiger partial charge in [0.15, 0.2) is 0 Å². The van der Waals surface area contributed by atoms with Gasteiger partial charge in [0.05, 0.1) is 5.41 Å². The molecule has 0 aromatic carbocycles. The molecule has 0 rings (SSSR count). The van der Waals surface area contributed by atoms with Crippen LogP contribution in [0.2, 0.25) is 0 Å². The Morgan fingerprint density at radius 2 is 1.53 bits per heavy atom. The van der Waals surface area contributed by atoms with Crippen molar-refractivity contribution in [3.05, 3.63) is 0 Å². The van der Waals surface area contributed by atoms with E-state index in [1.54, 1.807) is 0 Å². The average Bonchev–Trinajstić information content (AvgIpc) is 2.27. The molecule has 0 saturated heterocycles. The summed E-state index contributed by atoms with van der Waals surface area (Å²) >= 11 is 0. The van der Waals surface area contributed by atoms with Gasteiger partial charge in [0, 0.05) is 40.8 Å². The van der Waals surface area contributed by atoms with E-state index in [1.807, 2.05) is 6.92 Å². The Labute approximate surface area is 139 Å². The van der Waals surface area contributed by atoms with Crippen LogP contribution in [0.3, 0.4) is 0 Å². The standard InChI is InChI=1S/C14H28O2.Nd/c1-4-7-8-9-10-12-14(6-3,11-5-2)13(15)16;/h4-12H2,1-3H3,(H,15,16);. The molecule has 100 valence electrons. The minimum atomic E-state index is -0.590. The molecule has 17 heavy (non-hydrogen) atoms. The molecule has 0 bridgehead atoms. The van der Waals surface area contributed by atoms with Gasteiger partial charge in [-0.05, 0) is 19.3 Å². The summed E-state index contributed by atoms with van der Waals surface area (Å²) in [6.07, 6.45) is 9.45. The second kappa shape index (κ2) is 11.9. The van der Waals surface area contributed by atoms with E-state index < -0.39 is 11.4 Å². The van der Waals surface area contributed by atoms with E-state index in [-0.39, 0.29) is 40.8 Å². The number of aliphatic carboxylic acids is 1. The van der Waals surface area contributed by atoms with Crippen molar-refractivity contribution in [2.24, 2.45) is 5.41 Å². The molecule has 0 aliphatic heterocycles. The van der Waals surface area contributed by atoms with Gasteiger partial charge in [0.1, 0.15) is 0 Å². The number of hydrogen-bond donors (Lipinski definition) is 1. The smallest absolute Gasteiger partial charge is 0.309 e. The predicted octanol–water partition coefficient (Wildman–Crippen LogP) is 4.63. The molecule has 0 aliphatic rings. The first-order valence-electron chi connectivity index (χ1n) is 6.86. The molecule has 3 heteroatoms. The number of unbranched alkanes of at least 4 members (excludes halogenated alkanes) is 4. The summed E-state index contributed by atoms with van der Waals surface area (Å²) < 4.78 is 0. The second-order valence-corrected chi connectivity index (χ2v) is 4.85. The summed E-state index contributed by atoms with van der Waals surface area (Å²) in [5, 5.41) is 9.36. The van der Waals surface area contributed by atoms with E-state index in [9.17, 15) is 9.90 Å². The van der Waals surface area contributed by atoms with Gasteiger partial charge in [-0.2, -0.15) is 0 Å². The molecule has 0 saturated carbocycles. The third-order valence-electron chi connectivity index (χ3n) is 3.62. The maximum absolute atomic E-state index is 11.4. The Bertz CT molecular complexity index is 195. The zero-order chi connectivity index (χ0) is 12.4. The number of rotatable bonds is 10. The predicted molar refractivity (Wildman–Crippen MR) is 68.6 cm³/mol. The summed E-state index contributed by atoms with van der Waals surface area (Å²) in [5.74, 6) is -0.590. The molecule has 0 amide bonds. The molecule has 1 unspecified atom stereocenters. The van der Waals surface area contributed by atoms with Crippen LogP contribution in [0.4, 0.5) is 0 Å². The topological polar surface area (TPSA) is 37.3 Å². The zero-order valence-corrected chi connectivity index (χ0v) is 14.9. The van der Waals surface area contributed by atoms with Crippen molar-refractivity contribution in [2.45, 2.75) is 78.6 Å². The van der Waals surface area contributed by atoms with E-state index in [0.29, 0.717) is 0 Å². The molecule has 0 spiro atoms. The fourth-order valence-corrected chi connectivity index (χ4v) is 2.39. The maximum Gasteiger partial charge on any atom is 0.309 e. The van der Waals surface area contributed by atoms with Crippen LogP contribution in [-0.4, -0.2) is 11.1 Å². The fourth-order valence-electron chi connectivity index (χ4n) is 2.39. The van der Waals surface area contributed by atoms with Gasteiger partial charge in [0.25, 0.3) is 0 Å². The summed E-state index contributed by atoms with van der Waals surface area (Å²) in [7, 11) is 0. The van der Waals surface area contributed by atoms with Crippen molar-refractivity contribution < 1.29 is 50.7 Å². The Hall–Kier alpha value is 0.821. The van der Waals surface area contributed by atoms with Gasteiger partial charge in [-0.15, -0.1) is 0 Å².